The topological polar surface area (TPSA) is 47.6 Å². The van der Waals surface area contributed by atoms with Gasteiger partial charge in [0.2, 0.25) is 6.79 Å². The molecule has 0 amide bonds. The van der Waals surface area contributed by atoms with Gasteiger partial charge in [-0.05, 0) is 30.5 Å². The number of carbonyl (C=O) groups excluding carboxylic acids is 1. The third-order valence-electron chi connectivity index (χ3n) is 3.27. The van der Waals surface area contributed by atoms with E-state index in [4.69, 9.17) is 9.47 Å². The second-order valence-corrected chi connectivity index (χ2v) is 5.41. The average Bonchev–Trinajstić information content (AvgIpc) is 2.99. The number of fused-ring (bicyclic) bond motifs is 1. The minimum absolute atomic E-state index is 0.213. The van der Waals surface area contributed by atoms with Crippen LogP contribution >= 0.6 is 15.9 Å². The Morgan fingerprint density at radius 2 is 2.05 bits per heavy atom. The maximum Gasteiger partial charge on any atom is 0.231 e. The van der Waals surface area contributed by atoms with Crippen LogP contribution in [0.4, 0.5) is 0 Å². The molecule has 19 heavy (non-hydrogen) atoms. The fourth-order valence-corrected chi connectivity index (χ4v) is 2.77. The van der Waals surface area contributed by atoms with Gasteiger partial charge < -0.3 is 14.8 Å². The van der Waals surface area contributed by atoms with Gasteiger partial charge in [0.05, 0.1) is 5.70 Å². The van der Waals surface area contributed by atoms with Gasteiger partial charge in [-0.3, -0.25) is 4.79 Å². The number of rotatable bonds is 4. The van der Waals surface area contributed by atoms with Gasteiger partial charge in [0.15, 0.2) is 17.3 Å². The summed E-state index contributed by atoms with van der Waals surface area (Å²) in [6.45, 7) is 1.01. The standard InChI is InChI=1S/C14H14BrNO3/c15-10-7-14-13(18-8-19-14)6-9(10)4-5-16-11-2-1-3-12(11)17/h2,6-7,16H,1,3-5,8H2. The Morgan fingerprint density at radius 3 is 2.79 bits per heavy atom. The number of carbonyl (C=O) groups is 1. The quantitative estimate of drug-likeness (QED) is 0.925. The number of hydrogen-bond donors (Lipinski definition) is 1. The summed E-state index contributed by atoms with van der Waals surface area (Å²) in [6, 6.07) is 3.91. The maximum absolute atomic E-state index is 11.5. The predicted molar refractivity (Wildman–Crippen MR) is 74.3 cm³/mol. The van der Waals surface area contributed by atoms with Crippen molar-refractivity contribution in [2.24, 2.45) is 0 Å². The van der Waals surface area contributed by atoms with Gasteiger partial charge in [0.1, 0.15) is 0 Å². The van der Waals surface area contributed by atoms with E-state index >= 15 is 0 Å². The first-order valence-corrected chi connectivity index (χ1v) is 7.08. The zero-order chi connectivity index (χ0) is 13.2. The van der Waals surface area contributed by atoms with E-state index in [1.54, 1.807) is 0 Å². The number of allylic oxidation sites excluding steroid dienone is 2. The van der Waals surface area contributed by atoms with E-state index in [2.05, 4.69) is 21.2 Å². The highest BCUT2D eigenvalue weighted by atomic mass is 79.9. The van der Waals surface area contributed by atoms with Crippen molar-refractivity contribution in [2.45, 2.75) is 19.3 Å². The fraction of sp³-hybridized carbons (Fsp3) is 0.357. The minimum atomic E-state index is 0.213. The lowest BCUT2D eigenvalue weighted by Gasteiger charge is -2.09. The second-order valence-electron chi connectivity index (χ2n) is 4.55. The summed E-state index contributed by atoms with van der Waals surface area (Å²) in [5.74, 6) is 1.77. The molecule has 0 atom stereocenters. The number of halogens is 1. The van der Waals surface area contributed by atoms with Crippen LogP contribution in [0.15, 0.2) is 28.4 Å². The summed E-state index contributed by atoms with van der Waals surface area (Å²) in [5, 5.41) is 3.19. The summed E-state index contributed by atoms with van der Waals surface area (Å²) in [5.41, 5.74) is 1.90. The minimum Gasteiger partial charge on any atom is -0.454 e. The van der Waals surface area contributed by atoms with Gasteiger partial charge in [-0.2, -0.15) is 0 Å². The van der Waals surface area contributed by atoms with E-state index in [9.17, 15) is 4.79 Å². The number of hydrogen-bond acceptors (Lipinski definition) is 4. The van der Waals surface area contributed by atoms with Crippen LogP contribution in [0.5, 0.6) is 11.5 Å². The van der Waals surface area contributed by atoms with Gasteiger partial charge >= 0.3 is 0 Å². The zero-order valence-electron chi connectivity index (χ0n) is 10.4. The van der Waals surface area contributed by atoms with Crippen LogP contribution in [-0.2, 0) is 11.2 Å². The second kappa shape index (κ2) is 5.25. The highest BCUT2D eigenvalue weighted by Gasteiger charge is 2.17. The number of ketones is 1. The molecule has 0 radical (unpaired) electrons. The molecule has 4 nitrogen and oxygen atoms in total. The van der Waals surface area contributed by atoms with Crippen LogP contribution in [0, 0.1) is 0 Å². The van der Waals surface area contributed by atoms with E-state index in [-0.39, 0.29) is 12.6 Å². The molecule has 1 aliphatic heterocycles. The van der Waals surface area contributed by atoms with Crippen LogP contribution in [0.25, 0.3) is 0 Å². The van der Waals surface area contributed by atoms with Crippen molar-refractivity contribution in [2.75, 3.05) is 13.3 Å². The van der Waals surface area contributed by atoms with Crippen LogP contribution in [0.3, 0.4) is 0 Å². The molecule has 0 aromatic heterocycles. The lowest BCUT2D eigenvalue weighted by molar-refractivity contribution is -0.115. The van der Waals surface area contributed by atoms with Crippen molar-refractivity contribution in [3.8, 4) is 11.5 Å². The van der Waals surface area contributed by atoms with Crippen molar-refractivity contribution in [1.29, 1.82) is 0 Å². The summed E-state index contributed by atoms with van der Waals surface area (Å²) in [6.07, 6.45) is 4.28. The van der Waals surface area contributed by atoms with Crippen molar-refractivity contribution >= 4 is 21.7 Å². The van der Waals surface area contributed by atoms with Crippen molar-refractivity contribution < 1.29 is 14.3 Å². The Labute approximate surface area is 119 Å². The molecule has 0 saturated carbocycles. The molecule has 1 heterocycles. The van der Waals surface area contributed by atoms with Gasteiger partial charge in [-0.15, -0.1) is 0 Å². The van der Waals surface area contributed by atoms with Crippen LogP contribution in [-0.4, -0.2) is 19.1 Å². The Bertz CT molecular complexity index is 554. The molecule has 0 saturated heterocycles. The maximum atomic E-state index is 11.5. The third-order valence-corrected chi connectivity index (χ3v) is 4.01. The highest BCUT2D eigenvalue weighted by Crippen LogP contribution is 2.37. The average molecular weight is 324 g/mol. The van der Waals surface area contributed by atoms with Gasteiger partial charge in [0, 0.05) is 17.4 Å². The van der Waals surface area contributed by atoms with Crippen LogP contribution in [0.1, 0.15) is 18.4 Å². The first kappa shape index (κ1) is 12.5. The molecule has 0 unspecified atom stereocenters. The Morgan fingerprint density at radius 1 is 1.26 bits per heavy atom. The molecular weight excluding hydrogens is 310 g/mol. The highest BCUT2D eigenvalue weighted by molar-refractivity contribution is 9.10. The van der Waals surface area contributed by atoms with Gasteiger partial charge in [-0.25, -0.2) is 0 Å². The molecule has 0 bridgehead atoms. The molecule has 0 fully saturated rings. The molecule has 1 aliphatic carbocycles. The lowest BCUT2D eigenvalue weighted by atomic mass is 10.1. The molecule has 3 rings (SSSR count). The van der Waals surface area contributed by atoms with E-state index < -0.39 is 0 Å². The fourth-order valence-electron chi connectivity index (χ4n) is 2.25. The number of nitrogens with one attached hydrogen (secondary N) is 1. The summed E-state index contributed by atoms with van der Waals surface area (Å²) in [7, 11) is 0. The number of benzene rings is 1. The summed E-state index contributed by atoms with van der Waals surface area (Å²) >= 11 is 3.53. The molecule has 100 valence electrons. The first-order chi connectivity index (χ1) is 9.24. The number of ether oxygens (including phenoxy) is 2. The van der Waals surface area contributed by atoms with Crippen molar-refractivity contribution in [1.82, 2.24) is 5.32 Å². The lowest BCUT2D eigenvalue weighted by Crippen LogP contribution is -2.20. The predicted octanol–water partition coefficient (Wildman–Crippen LogP) is 2.56. The van der Waals surface area contributed by atoms with Crippen molar-refractivity contribution in [3.05, 3.63) is 33.9 Å². The van der Waals surface area contributed by atoms with Crippen LogP contribution < -0.4 is 14.8 Å². The number of Topliss-reactive ketones (excluding diaryl/α,β-unsaturated/α-hetero) is 1. The largest absolute Gasteiger partial charge is 0.454 e. The van der Waals surface area contributed by atoms with E-state index in [1.165, 1.54) is 0 Å². The molecule has 1 aromatic rings. The monoisotopic (exact) mass is 323 g/mol. The van der Waals surface area contributed by atoms with E-state index in [0.717, 1.165) is 46.6 Å². The van der Waals surface area contributed by atoms with Crippen LogP contribution in [0.2, 0.25) is 0 Å². The summed E-state index contributed by atoms with van der Waals surface area (Å²) in [4.78, 5) is 11.5. The molecular formula is C14H14BrNO3. The Hall–Kier alpha value is -1.49. The molecule has 2 aliphatic rings. The molecule has 0 spiro atoms. The Kier molecular flexibility index (Phi) is 3.46. The molecule has 5 heteroatoms. The Balaban J connectivity index is 1.62. The zero-order valence-corrected chi connectivity index (χ0v) is 12.0. The van der Waals surface area contributed by atoms with E-state index in [0.29, 0.717) is 6.42 Å². The summed E-state index contributed by atoms with van der Waals surface area (Å²) < 4.78 is 11.7. The van der Waals surface area contributed by atoms with Gasteiger partial charge in [-0.1, -0.05) is 22.0 Å². The molecule has 1 aromatic carbocycles. The van der Waals surface area contributed by atoms with E-state index in [1.807, 2.05) is 18.2 Å². The smallest absolute Gasteiger partial charge is 0.231 e. The van der Waals surface area contributed by atoms with Gasteiger partial charge in [0.25, 0.3) is 0 Å². The first-order valence-electron chi connectivity index (χ1n) is 6.29. The SMILES string of the molecule is O=C1CCC=C1NCCc1cc2c(cc1Br)OCO2. The normalized spacial score (nSPS) is 16.7. The molecule has 1 N–H and O–H groups in total. The third kappa shape index (κ3) is 2.61. The van der Waals surface area contributed by atoms with Crippen molar-refractivity contribution in [3.63, 3.8) is 0 Å².